The fourth-order valence-corrected chi connectivity index (χ4v) is 2.17. The molecule has 3 aromatic rings. The highest BCUT2D eigenvalue weighted by molar-refractivity contribution is 5.46. The van der Waals surface area contributed by atoms with E-state index in [9.17, 15) is 0 Å². The minimum absolute atomic E-state index is 0.613. The molecule has 0 aromatic carbocycles. The van der Waals surface area contributed by atoms with Crippen LogP contribution < -0.4 is 10.1 Å². The van der Waals surface area contributed by atoms with Crippen molar-refractivity contribution in [1.29, 1.82) is 0 Å². The van der Waals surface area contributed by atoms with Gasteiger partial charge in [-0.3, -0.25) is 0 Å². The van der Waals surface area contributed by atoms with Gasteiger partial charge in [0.2, 0.25) is 5.88 Å². The average Bonchev–Trinajstić information content (AvgIpc) is 2.81. The van der Waals surface area contributed by atoms with E-state index < -0.39 is 0 Å². The lowest BCUT2D eigenvalue weighted by Crippen LogP contribution is -2.04. The number of fused-ring (bicyclic) bond motifs is 1. The van der Waals surface area contributed by atoms with Crippen LogP contribution in [0.25, 0.3) is 5.65 Å². The molecule has 3 aromatic heterocycles. The molecule has 0 radical (unpaired) electrons. The Hall–Kier alpha value is -2.56. The maximum atomic E-state index is 5.04. The molecule has 20 heavy (non-hydrogen) atoms. The molecule has 3 rings (SSSR count). The Morgan fingerprint density at radius 3 is 2.90 bits per heavy atom. The summed E-state index contributed by atoms with van der Waals surface area (Å²) in [6.45, 7) is 2.72. The summed E-state index contributed by atoms with van der Waals surface area (Å²) >= 11 is 0. The Bertz CT molecular complexity index is 718. The van der Waals surface area contributed by atoms with Crippen molar-refractivity contribution >= 4 is 11.3 Å². The van der Waals surface area contributed by atoms with Crippen molar-refractivity contribution in [2.45, 2.75) is 13.5 Å². The van der Waals surface area contributed by atoms with Crippen LogP contribution in [0.2, 0.25) is 0 Å². The third-order valence-corrected chi connectivity index (χ3v) is 3.23. The number of nitrogens with one attached hydrogen (secondary N) is 1. The number of anilines is 1. The monoisotopic (exact) mass is 268 g/mol. The molecule has 0 aliphatic rings. The summed E-state index contributed by atoms with van der Waals surface area (Å²) < 4.78 is 7.14. The van der Waals surface area contributed by atoms with Crippen LogP contribution in [-0.2, 0) is 6.54 Å². The van der Waals surface area contributed by atoms with Crippen molar-refractivity contribution in [1.82, 2.24) is 14.4 Å². The minimum Gasteiger partial charge on any atom is -0.481 e. The van der Waals surface area contributed by atoms with E-state index in [1.54, 1.807) is 13.3 Å². The zero-order chi connectivity index (χ0) is 13.9. The standard InChI is InChI=1S/C15H16N4O/c1-11-13(19-8-4-3-5-14(19)18-11)10-16-12-6-7-15(20-2)17-9-12/h3-9,16H,10H2,1-2H3. The number of imidazole rings is 1. The van der Waals surface area contributed by atoms with E-state index in [1.807, 2.05) is 43.5 Å². The van der Waals surface area contributed by atoms with Crippen LogP contribution in [-0.4, -0.2) is 21.5 Å². The van der Waals surface area contributed by atoms with Crippen LogP contribution in [0.15, 0.2) is 42.7 Å². The maximum absolute atomic E-state index is 5.04. The number of hydrogen-bond acceptors (Lipinski definition) is 4. The van der Waals surface area contributed by atoms with Gasteiger partial charge in [0.25, 0.3) is 0 Å². The number of aryl methyl sites for hydroxylation is 1. The number of aromatic nitrogens is 3. The van der Waals surface area contributed by atoms with E-state index in [1.165, 1.54) is 0 Å². The fraction of sp³-hybridized carbons (Fsp3) is 0.200. The third-order valence-electron chi connectivity index (χ3n) is 3.23. The van der Waals surface area contributed by atoms with Crippen LogP contribution in [0, 0.1) is 6.92 Å². The van der Waals surface area contributed by atoms with Gasteiger partial charge < -0.3 is 14.5 Å². The van der Waals surface area contributed by atoms with Gasteiger partial charge in [-0.2, -0.15) is 0 Å². The van der Waals surface area contributed by atoms with Crippen molar-refractivity contribution in [2.24, 2.45) is 0 Å². The average molecular weight is 268 g/mol. The van der Waals surface area contributed by atoms with E-state index in [0.717, 1.165) is 22.7 Å². The highest BCUT2D eigenvalue weighted by atomic mass is 16.5. The Kier molecular flexibility index (Phi) is 3.25. The molecule has 0 saturated heterocycles. The first-order valence-electron chi connectivity index (χ1n) is 6.44. The van der Waals surface area contributed by atoms with Crippen LogP contribution in [0.3, 0.4) is 0 Å². The molecule has 0 unspecified atom stereocenters. The van der Waals surface area contributed by atoms with Gasteiger partial charge in [0, 0.05) is 12.3 Å². The Labute approximate surface area is 117 Å². The van der Waals surface area contributed by atoms with Crippen LogP contribution in [0.5, 0.6) is 5.88 Å². The number of nitrogens with zero attached hydrogens (tertiary/aromatic N) is 3. The molecule has 5 heteroatoms. The lowest BCUT2D eigenvalue weighted by atomic mass is 10.3. The quantitative estimate of drug-likeness (QED) is 0.790. The molecule has 0 atom stereocenters. The SMILES string of the molecule is COc1ccc(NCc2c(C)nc3ccccn23)cn1. The van der Waals surface area contributed by atoms with Gasteiger partial charge in [0.1, 0.15) is 5.65 Å². The molecule has 102 valence electrons. The summed E-state index contributed by atoms with van der Waals surface area (Å²) in [7, 11) is 1.61. The minimum atomic E-state index is 0.613. The zero-order valence-corrected chi connectivity index (χ0v) is 11.5. The first-order valence-corrected chi connectivity index (χ1v) is 6.44. The molecule has 0 amide bonds. The maximum Gasteiger partial charge on any atom is 0.213 e. The van der Waals surface area contributed by atoms with Gasteiger partial charge in [0.05, 0.1) is 36.9 Å². The van der Waals surface area contributed by atoms with E-state index >= 15 is 0 Å². The van der Waals surface area contributed by atoms with Gasteiger partial charge in [-0.15, -0.1) is 0 Å². The van der Waals surface area contributed by atoms with Crippen molar-refractivity contribution in [3.63, 3.8) is 0 Å². The molecule has 0 fully saturated rings. The van der Waals surface area contributed by atoms with Crippen LogP contribution in [0.1, 0.15) is 11.4 Å². The first-order chi connectivity index (χ1) is 9.78. The van der Waals surface area contributed by atoms with Crippen molar-refractivity contribution < 1.29 is 4.74 Å². The van der Waals surface area contributed by atoms with Crippen LogP contribution in [0.4, 0.5) is 5.69 Å². The highest BCUT2D eigenvalue weighted by Gasteiger charge is 2.07. The number of methoxy groups -OCH3 is 1. The molecule has 0 saturated carbocycles. The fourth-order valence-electron chi connectivity index (χ4n) is 2.17. The molecule has 0 aliphatic carbocycles. The van der Waals surface area contributed by atoms with E-state index in [0.29, 0.717) is 12.4 Å². The van der Waals surface area contributed by atoms with Gasteiger partial charge in [-0.1, -0.05) is 6.07 Å². The zero-order valence-electron chi connectivity index (χ0n) is 11.5. The Balaban J connectivity index is 1.80. The smallest absolute Gasteiger partial charge is 0.213 e. The van der Waals surface area contributed by atoms with E-state index in [2.05, 4.69) is 19.7 Å². The molecule has 0 bridgehead atoms. The number of rotatable bonds is 4. The second kappa shape index (κ2) is 5.21. The number of hydrogen-bond donors (Lipinski definition) is 1. The molecule has 1 N–H and O–H groups in total. The highest BCUT2D eigenvalue weighted by Crippen LogP contribution is 2.15. The van der Waals surface area contributed by atoms with Gasteiger partial charge in [-0.25, -0.2) is 9.97 Å². The van der Waals surface area contributed by atoms with Crippen LogP contribution >= 0.6 is 0 Å². The summed E-state index contributed by atoms with van der Waals surface area (Å²) in [5.41, 5.74) is 4.10. The summed E-state index contributed by atoms with van der Waals surface area (Å²) in [6.07, 6.45) is 3.79. The summed E-state index contributed by atoms with van der Waals surface area (Å²) in [6, 6.07) is 9.79. The Morgan fingerprint density at radius 2 is 2.15 bits per heavy atom. The second-order valence-electron chi connectivity index (χ2n) is 4.52. The normalized spacial score (nSPS) is 10.7. The predicted molar refractivity (Wildman–Crippen MR) is 78.0 cm³/mol. The molecule has 3 heterocycles. The summed E-state index contributed by atoms with van der Waals surface area (Å²) in [4.78, 5) is 8.71. The number of pyridine rings is 2. The van der Waals surface area contributed by atoms with Crippen molar-refractivity contribution in [2.75, 3.05) is 12.4 Å². The van der Waals surface area contributed by atoms with E-state index in [4.69, 9.17) is 4.74 Å². The summed E-state index contributed by atoms with van der Waals surface area (Å²) in [5.74, 6) is 0.613. The molecule has 0 spiro atoms. The molecular formula is C15H16N4O. The van der Waals surface area contributed by atoms with E-state index in [-0.39, 0.29) is 0 Å². The largest absolute Gasteiger partial charge is 0.481 e. The number of ether oxygens (including phenoxy) is 1. The summed E-state index contributed by atoms with van der Waals surface area (Å²) in [5, 5.41) is 3.35. The lowest BCUT2D eigenvalue weighted by molar-refractivity contribution is 0.398. The lowest BCUT2D eigenvalue weighted by Gasteiger charge is -2.07. The third kappa shape index (κ3) is 2.30. The van der Waals surface area contributed by atoms with Crippen molar-refractivity contribution in [3.05, 3.63) is 54.1 Å². The second-order valence-corrected chi connectivity index (χ2v) is 4.52. The first kappa shape index (κ1) is 12.5. The molecule has 0 aliphatic heterocycles. The predicted octanol–water partition coefficient (Wildman–Crippen LogP) is 2.66. The molecule has 5 nitrogen and oxygen atoms in total. The Morgan fingerprint density at radius 1 is 1.25 bits per heavy atom. The van der Waals surface area contributed by atoms with Gasteiger partial charge >= 0.3 is 0 Å². The van der Waals surface area contributed by atoms with Gasteiger partial charge in [0.15, 0.2) is 0 Å². The molecular weight excluding hydrogens is 252 g/mol. The topological polar surface area (TPSA) is 51.5 Å². The van der Waals surface area contributed by atoms with Crippen molar-refractivity contribution in [3.8, 4) is 5.88 Å². The van der Waals surface area contributed by atoms with Gasteiger partial charge in [-0.05, 0) is 25.1 Å².